The van der Waals surface area contributed by atoms with Gasteiger partial charge in [0.2, 0.25) is 0 Å². The molecule has 0 aliphatic carbocycles. The third kappa shape index (κ3) is 14.4. The van der Waals surface area contributed by atoms with Crippen molar-refractivity contribution in [3.63, 3.8) is 0 Å². The molecule has 0 fully saturated rings. The van der Waals surface area contributed by atoms with Crippen molar-refractivity contribution < 1.29 is 39.7 Å². The Kier molecular flexibility index (Phi) is 25.6. The van der Waals surface area contributed by atoms with E-state index < -0.39 is 15.8 Å². The van der Waals surface area contributed by atoms with Crippen LogP contribution in [0.15, 0.2) is 182 Å². The molecule has 6 aromatic rings. The van der Waals surface area contributed by atoms with E-state index in [1.807, 2.05) is 0 Å². The van der Waals surface area contributed by atoms with E-state index in [0.29, 0.717) is 0 Å². The fourth-order valence-corrected chi connectivity index (χ4v) is 8.97. The van der Waals surface area contributed by atoms with E-state index in [9.17, 15) is 0 Å². The second kappa shape index (κ2) is 28.1. The summed E-state index contributed by atoms with van der Waals surface area (Å²) in [5.41, 5.74) is 0. The maximum Gasteiger partial charge on any atom is 0 e. The average molecular weight is 820 g/mol. The van der Waals surface area contributed by atoms with Crippen molar-refractivity contribution in [1.29, 1.82) is 0 Å². The van der Waals surface area contributed by atoms with Gasteiger partial charge in [-0.15, -0.1) is 0 Å². The van der Waals surface area contributed by atoms with Crippen molar-refractivity contribution in [2.45, 2.75) is 0 Å². The molecule has 0 aliphatic heterocycles. The molecule has 0 saturated carbocycles. The van der Waals surface area contributed by atoms with Crippen LogP contribution in [0.3, 0.4) is 0 Å². The number of hydrogen-bond donors (Lipinski definition) is 0. The van der Waals surface area contributed by atoms with Gasteiger partial charge >= 0.3 is 45.2 Å². The van der Waals surface area contributed by atoms with Gasteiger partial charge in [0, 0.05) is 21.1 Å². The first-order chi connectivity index (χ1) is 22.9. The summed E-state index contributed by atoms with van der Waals surface area (Å²) in [4.78, 5) is 0. The molecule has 0 saturated heterocycles. The van der Waals surface area contributed by atoms with Gasteiger partial charge in [0.15, 0.2) is 0 Å². The van der Waals surface area contributed by atoms with Crippen LogP contribution in [-0.4, -0.2) is 0 Å². The monoisotopic (exact) mass is 820 g/mol. The Labute approximate surface area is 294 Å². The molecule has 0 atom stereocenters. The van der Waals surface area contributed by atoms with Crippen LogP contribution in [0.1, 0.15) is 0 Å². The van der Waals surface area contributed by atoms with E-state index >= 15 is 0 Å². The molecule has 0 heterocycles. The smallest absolute Gasteiger partial charge is 0 e. The molecule has 230 valence electrons. The van der Waals surface area contributed by atoms with Crippen molar-refractivity contribution >= 4 is 47.7 Å². The summed E-state index contributed by atoms with van der Waals surface area (Å²) in [5.74, 6) is 0. The summed E-state index contributed by atoms with van der Waals surface area (Å²) >= 11 is 0. The molecule has 0 bridgehead atoms. The van der Waals surface area contributed by atoms with Crippen molar-refractivity contribution in [3.05, 3.63) is 209 Å². The molecule has 0 unspecified atom stereocenters. The van der Waals surface area contributed by atoms with Crippen molar-refractivity contribution in [3.8, 4) is 0 Å². The minimum Gasteiger partial charge on any atom is -0.0622 e. The molecular weight excluding hydrogens is 790 g/mol. The average Bonchev–Trinajstić information content (AvgIpc) is 3.18. The molecule has 6 aromatic carbocycles. The van der Waals surface area contributed by atoms with Crippen LogP contribution < -0.4 is 31.8 Å². The van der Waals surface area contributed by atoms with E-state index in [0.717, 1.165) is 0 Å². The van der Waals surface area contributed by atoms with Gasteiger partial charge in [-0.25, -0.2) is 0 Å². The van der Waals surface area contributed by atoms with E-state index in [2.05, 4.69) is 209 Å². The normalized spacial score (nSPS) is 8.72. The van der Waals surface area contributed by atoms with Gasteiger partial charge in [0.1, 0.15) is 0 Å². The van der Waals surface area contributed by atoms with Crippen LogP contribution in [0.25, 0.3) is 0 Å². The number of hydrogen-bond acceptors (Lipinski definition) is 0. The SMILES string of the molecule is [C-]#[O+].[C-]#[O+].[C-]#[O+].[C-]#[O+].[W].c1ccc(P(c2ccccc2)c2ccccc2)cc1.c1ccc(P(c2ccccc2)c2ccccc2)cc1. The summed E-state index contributed by atoms with van der Waals surface area (Å²) in [5, 5.41) is 8.39. The summed E-state index contributed by atoms with van der Waals surface area (Å²) in [7, 11) is -0.892. The first kappa shape index (κ1) is 42.8. The van der Waals surface area contributed by atoms with Crippen LogP contribution in [0.2, 0.25) is 0 Å². The Morgan fingerprint density at radius 3 is 0.447 bits per heavy atom. The fraction of sp³-hybridized carbons (Fsp3) is 0. The van der Waals surface area contributed by atoms with Gasteiger partial charge < -0.3 is 0 Å². The van der Waals surface area contributed by atoms with Crippen LogP contribution in [0, 0.1) is 26.6 Å². The van der Waals surface area contributed by atoms with Crippen LogP contribution in [-0.2, 0) is 39.7 Å². The van der Waals surface area contributed by atoms with Crippen molar-refractivity contribution in [2.75, 3.05) is 0 Å². The molecule has 47 heavy (non-hydrogen) atoms. The third-order valence-electron chi connectivity index (χ3n) is 6.09. The van der Waals surface area contributed by atoms with Crippen molar-refractivity contribution in [2.24, 2.45) is 0 Å². The summed E-state index contributed by atoms with van der Waals surface area (Å²) in [6.07, 6.45) is 0. The van der Waals surface area contributed by atoms with Gasteiger partial charge in [-0.05, 0) is 47.7 Å². The molecule has 0 amide bonds. The van der Waals surface area contributed by atoms with Crippen LogP contribution in [0.5, 0.6) is 0 Å². The third-order valence-corrected chi connectivity index (χ3v) is 11.0. The Bertz CT molecular complexity index is 1350. The molecular formula is C40H30O4P2W. The van der Waals surface area contributed by atoms with Gasteiger partial charge in [-0.2, -0.15) is 0 Å². The maximum absolute atomic E-state index is 7.50. The zero-order chi connectivity index (χ0) is 33.8. The quantitative estimate of drug-likeness (QED) is 0.102. The number of benzene rings is 6. The second-order valence-corrected chi connectivity index (χ2v) is 13.1. The molecule has 0 radical (unpaired) electrons. The molecule has 4 nitrogen and oxygen atoms in total. The zero-order valence-electron chi connectivity index (χ0n) is 25.3. The van der Waals surface area contributed by atoms with Crippen molar-refractivity contribution in [1.82, 2.24) is 0 Å². The van der Waals surface area contributed by atoms with Gasteiger partial charge in [-0.1, -0.05) is 182 Å². The summed E-state index contributed by atoms with van der Waals surface area (Å²) in [6.45, 7) is 18.0. The molecule has 0 N–H and O–H groups in total. The van der Waals surface area contributed by atoms with Gasteiger partial charge in [-0.3, -0.25) is 0 Å². The Hall–Kier alpha value is -4.17. The molecule has 0 spiro atoms. The summed E-state index contributed by atoms with van der Waals surface area (Å²) < 4.78 is 30.0. The largest absolute Gasteiger partial charge is 0.0622 e. The standard InChI is InChI=1S/2C18H15P.4CO.W/c2*1-4-10-16(11-5-1)19(17-12-6-2-7-13-17)18-14-8-3-9-15-18;4*1-2;/h2*1-15H;;;;;. The van der Waals surface area contributed by atoms with E-state index in [-0.39, 0.29) is 21.1 Å². The topological polar surface area (TPSA) is 79.6 Å². The fourth-order valence-electron chi connectivity index (χ4n) is 4.36. The summed E-state index contributed by atoms with van der Waals surface area (Å²) in [6, 6.07) is 64.7. The maximum atomic E-state index is 7.50. The predicted molar refractivity (Wildman–Crippen MR) is 186 cm³/mol. The molecule has 7 heteroatoms. The Morgan fingerprint density at radius 1 is 0.234 bits per heavy atom. The minimum atomic E-state index is -0.446. The van der Waals surface area contributed by atoms with E-state index in [1.54, 1.807) is 0 Å². The van der Waals surface area contributed by atoms with E-state index in [1.165, 1.54) is 31.8 Å². The Balaban J connectivity index is 0.000000731. The molecule has 0 aromatic heterocycles. The predicted octanol–water partition coefficient (Wildman–Crippen LogP) is 6.74. The van der Waals surface area contributed by atoms with Gasteiger partial charge in [0.05, 0.1) is 0 Å². The second-order valence-electron chi connectivity index (χ2n) is 8.68. The molecule has 0 aliphatic rings. The van der Waals surface area contributed by atoms with Crippen LogP contribution >= 0.6 is 15.8 Å². The zero-order valence-corrected chi connectivity index (χ0v) is 30.0. The van der Waals surface area contributed by atoms with E-state index in [4.69, 9.17) is 18.6 Å². The van der Waals surface area contributed by atoms with Crippen LogP contribution in [0.4, 0.5) is 0 Å². The number of rotatable bonds is 6. The Morgan fingerprint density at radius 2 is 0.340 bits per heavy atom. The first-order valence-corrected chi connectivity index (χ1v) is 16.3. The van der Waals surface area contributed by atoms with Gasteiger partial charge in [0.25, 0.3) is 0 Å². The minimum absolute atomic E-state index is 0. The molecule has 6 rings (SSSR count). The first-order valence-electron chi connectivity index (χ1n) is 13.6.